The lowest BCUT2D eigenvalue weighted by Crippen LogP contribution is -2.27. The quantitative estimate of drug-likeness (QED) is 0.711. The van der Waals surface area contributed by atoms with Gasteiger partial charge in [-0.25, -0.2) is 18.6 Å². The predicted octanol–water partition coefficient (Wildman–Crippen LogP) is 2.53. The van der Waals surface area contributed by atoms with Gasteiger partial charge in [-0.3, -0.25) is 9.36 Å². The highest BCUT2D eigenvalue weighted by atomic mass is 19.1. The van der Waals surface area contributed by atoms with Crippen molar-refractivity contribution in [3.8, 4) is 5.69 Å². The topological polar surface area (TPSA) is 87.2 Å². The Labute approximate surface area is 146 Å². The normalized spacial score (nSPS) is 11.8. The molecule has 0 spiro atoms. The van der Waals surface area contributed by atoms with Crippen LogP contribution in [0.15, 0.2) is 61.1 Å². The molecular weight excluding hydrogens is 344 g/mol. The Hall–Kier alpha value is -3.55. The Kier molecular flexibility index (Phi) is 4.74. The molecule has 0 aliphatic carbocycles. The first-order valence-corrected chi connectivity index (χ1v) is 7.50. The van der Waals surface area contributed by atoms with Gasteiger partial charge in [-0.2, -0.15) is 0 Å². The van der Waals surface area contributed by atoms with Crippen molar-refractivity contribution in [2.75, 3.05) is 0 Å². The maximum Gasteiger partial charge on any atom is 0.358 e. The summed E-state index contributed by atoms with van der Waals surface area (Å²) in [6.45, 7) is 0. The van der Waals surface area contributed by atoms with Crippen LogP contribution in [-0.4, -0.2) is 21.4 Å². The molecule has 3 aromatic rings. The van der Waals surface area contributed by atoms with Gasteiger partial charge in [0, 0.05) is 11.3 Å². The average molecular weight is 357 g/mol. The Bertz CT molecular complexity index is 937. The van der Waals surface area contributed by atoms with Crippen LogP contribution in [0, 0.1) is 11.6 Å². The third-order valence-corrected chi connectivity index (χ3v) is 3.61. The standard InChI is InChI=1S/C18H13F2N3O3/c19-12-3-1-11(2-4-12)16(17(21)24)26-18(25)15-9-22-10-23(15)14-7-5-13(20)6-8-14/h1-10,16H,(H2,21,24). The number of benzene rings is 2. The van der Waals surface area contributed by atoms with Gasteiger partial charge in [0.15, 0.2) is 5.69 Å². The first kappa shape index (κ1) is 17.3. The first-order chi connectivity index (χ1) is 12.5. The molecule has 1 aromatic heterocycles. The van der Waals surface area contributed by atoms with E-state index < -0.39 is 29.6 Å². The van der Waals surface area contributed by atoms with Crippen molar-refractivity contribution in [2.24, 2.45) is 5.73 Å². The molecule has 3 rings (SSSR count). The van der Waals surface area contributed by atoms with E-state index in [1.807, 2.05) is 0 Å². The van der Waals surface area contributed by atoms with Crippen LogP contribution in [0.5, 0.6) is 0 Å². The molecule has 8 heteroatoms. The van der Waals surface area contributed by atoms with Gasteiger partial charge in [0.1, 0.15) is 11.6 Å². The van der Waals surface area contributed by atoms with E-state index in [0.29, 0.717) is 5.69 Å². The molecule has 1 unspecified atom stereocenters. The largest absolute Gasteiger partial charge is 0.443 e. The second kappa shape index (κ2) is 7.14. The van der Waals surface area contributed by atoms with Crippen molar-refractivity contribution in [1.82, 2.24) is 9.55 Å². The third-order valence-electron chi connectivity index (χ3n) is 3.61. The highest BCUT2D eigenvalue weighted by molar-refractivity contribution is 5.91. The molecule has 0 saturated carbocycles. The summed E-state index contributed by atoms with van der Waals surface area (Å²) in [6, 6.07) is 10.2. The lowest BCUT2D eigenvalue weighted by Gasteiger charge is -2.15. The number of esters is 1. The Morgan fingerprint density at radius 3 is 2.15 bits per heavy atom. The molecule has 0 aliphatic rings. The summed E-state index contributed by atoms with van der Waals surface area (Å²) < 4.78 is 32.7. The van der Waals surface area contributed by atoms with Crippen molar-refractivity contribution in [2.45, 2.75) is 6.10 Å². The SMILES string of the molecule is NC(=O)C(OC(=O)c1cncn1-c1ccc(F)cc1)c1ccc(F)cc1. The highest BCUT2D eigenvalue weighted by Crippen LogP contribution is 2.21. The van der Waals surface area contributed by atoms with E-state index in [2.05, 4.69) is 4.98 Å². The zero-order valence-electron chi connectivity index (χ0n) is 13.3. The molecule has 0 radical (unpaired) electrons. The molecule has 1 amide bonds. The number of ether oxygens (including phenoxy) is 1. The summed E-state index contributed by atoms with van der Waals surface area (Å²) >= 11 is 0. The van der Waals surface area contributed by atoms with Crippen LogP contribution in [0.3, 0.4) is 0 Å². The summed E-state index contributed by atoms with van der Waals surface area (Å²) in [5.41, 5.74) is 6.03. The molecule has 0 aliphatic heterocycles. The van der Waals surface area contributed by atoms with Crippen molar-refractivity contribution in [3.05, 3.63) is 83.9 Å². The Morgan fingerprint density at radius 1 is 1.00 bits per heavy atom. The van der Waals surface area contributed by atoms with Crippen LogP contribution in [0.2, 0.25) is 0 Å². The number of rotatable bonds is 5. The molecule has 0 bridgehead atoms. The summed E-state index contributed by atoms with van der Waals surface area (Å²) in [7, 11) is 0. The van der Waals surface area contributed by atoms with Gasteiger partial charge in [0.05, 0.1) is 12.5 Å². The van der Waals surface area contributed by atoms with E-state index in [-0.39, 0.29) is 11.3 Å². The van der Waals surface area contributed by atoms with E-state index >= 15 is 0 Å². The number of carbonyl (C=O) groups is 2. The maximum absolute atomic E-state index is 13.1. The van der Waals surface area contributed by atoms with Crippen LogP contribution >= 0.6 is 0 Å². The van der Waals surface area contributed by atoms with Crippen molar-refractivity contribution < 1.29 is 23.1 Å². The minimum absolute atomic E-state index is 0.0185. The number of nitrogens with zero attached hydrogens (tertiary/aromatic N) is 2. The second-order valence-electron chi connectivity index (χ2n) is 5.36. The maximum atomic E-state index is 13.1. The number of imidazole rings is 1. The van der Waals surface area contributed by atoms with Crippen molar-refractivity contribution in [3.63, 3.8) is 0 Å². The molecule has 6 nitrogen and oxygen atoms in total. The van der Waals surface area contributed by atoms with E-state index in [0.717, 1.165) is 12.1 Å². The molecule has 2 N–H and O–H groups in total. The molecule has 1 heterocycles. The van der Waals surface area contributed by atoms with Crippen LogP contribution in [0.4, 0.5) is 8.78 Å². The van der Waals surface area contributed by atoms with Crippen LogP contribution in [0.25, 0.3) is 5.69 Å². The second-order valence-corrected chi connectivity index (χ2v) is 5.36. The lowest BCUT2D eigenvalue weighted by molar-refractivity contribution is -0.127. The molecule has 26 heavy (non-hydrogen) atoms. The fourth-order valence-corrected chi connectivity index (χ4v) is 2.35. The zero-order valence-corrected chi connectivity index (χ0v) is 13.3. The van der Waals surface area contributed by atoms with Gasteiger partial charge in [-0.05, 0) is 36.4 Å². The number of amides is 1. The molecular formula is C18H13F2N3O3. The number of halogens is 2. The van der Waals surface area contributed by atoms with Crippen molar-refractivity contribution >= 4 is 11.9 Å². The highest BCUT2D eigenvalue weighted by Gasteiger charge is 2.25. The van der Waals surface area contributed by atoms with Gasteiger partial charge in [0.2, 0.25) is 6.10 Å². The van der Waals surface area contributed by atoms with E-state index in [1.165, 1.54) is 53.5 Å². The van der Waals surface area contributed by atoms with E-state index in [9.17, 15) is 18.4 Å². The molecule has 132 valence electrons. The lowest BCUT2D eigenvalue weighted by atomic mass is 10.1. The summed E-state index contributed by atoms with van der Waals surface area (Å²) in [6.07, 6.45) is 1.20. The molecule has 0 fully saturated rings. The van der Waals surface area contributed by atoms with Gasteiger partial charge in [0.25, 0.3) is 5.91 Å². The van der Waals surface area contributed by atoms with Crippen LogP contribution < -0.4 is 5.73 Å². The third kappa shape index (κ3) is 3.59. The van der Waals surface area contributed by atoms with E-state index in [4.69, 9.17) is 10.5 Å². The van der Waals surface area contributed by atoms with Crippen LogP contribution in [0.1, 0.15) is 22.2 Å². The number of carbonyl (C=O) groups excluding carboxylic acids is 2. The number of aromatic nitrogens is 2. The van der Waals surface area contributed by atoms with E-state index in [1.54, 1.807) is 0 Å². The molecule has 1 atom stereocenters. The first-order valence-electron chi connectivity index (χ1n) is 7.50. The average Bonchev–Trinajstić information content (AvgIpc) is 3.10. The Morgan fingerprint density at radius 2 is 1.58 bits per heavy atom. The number of hydrogen-bond acceptors (Lipinski definition) is 4. The number of hydrogen-bond donors (Lipinski definition) is 1. The summed E-state index contributed by atoms with van der Waals surface area (Å²) in [4.78, 5) is 28.0. The zero-order chi connectivity index (χ0) is 18.7. The monoisotopic (exact) mass is 357 g/mol. The van der Waals surface area contributed by atoms with Gasteiger partial charge in [-0.1, -0.05) is 12.1 Å². The van der Waals surface area contributed by atoms with Crippen molar-refractivity contribution in [1.29, 1.82) is 0 Å². The van der Waals surface area contributed by atoms with Gasteiger partial charge >= 0.3 is 5.97 Å². The van der Waals surface area contributed by atoms with Gasteiger partial charge in [-0.15, -0.1) is 0 Å². The summed E-state index contributed by atoms with van der Waals surface area (Å²) in [5.74, 6) is -2.70. The number of primary amides is 1. The van der Waals surface area contributed by atoms with Gasteiger partial charge < -0.3 is 10.5 Å². The fraction of sp³-hybridized carbons (Fsp3) is 0.0556. The Balaban J connectivity index is 1.87. The minimum Gasteiger partial charge on any atom is -0.443 e. The smallest absolute Gasteiger partial charge is 0.358 e. The van der Waals surface area contributed by atoms with Crippen LogP contribution in [-0.2, 0) is 9.53 Å². The molecule has 0 saturated heterocycles. The number of nitrogens with two attached hydrogens (primary N) is 1. The predicted molar refractivity (Wildman–Crippen MR) is 87.3 cm³/mol. The minimum atomic E-state index is -1.39. The fourth-order valence-electron chi connectivity index (χ4n) is 2.35. The summed E-state index contributed by atoms with van der Waals surface area (Å²) in [5, 5.41) is 0. The molecule has 2 aromatic carbocycles.